The van der Waals surface area contributed by atoms with Gasteiger partial charge in [-0.15, -0.1) is 11.8 Å². The highest BCUT2D eigenvalue weighted by Crippen LogP contribution is 2.21. The molecule has 25 heavy (non-hydrogen) atoms. The summed E-state index contributed by atoms with van der Waals surface area (Å²) in [5.41, 5.74) is 1.12. The average Bonchev–Trinajstić information content (AvgIpc) is 2.62. The fourth-order valence-electron chi connectivity index (χ4n) is 2.81. The summed E-state index contributed by atoms with van der Waals surface area (Å²) in [4.78, 5) is 26.2. The van der Waals surface area contributed by atoms with Gasteiger partial charge in [0, 0.05) is 13.1 Å². The largest absolute Gasteiger partial charge is 0.378 e. The number of ether oxygens (including phenoxy) is 1. The zero-order valence-electron chi connectivity index (χ0n) is 15.1. The van der Waals surface area contributed by atoms with E-state index >= 15 is 0 Å². The molecule has 1 saturated heterocycles. The van der Waals surface area contributed by atoms with Crippen LogP contribution in [-0.4, -0.2) is 54.5 Å². The van der Waals surface area contributed by atoms with Crippen LogP contribution in [0.2, 0.25) is 0 Å². The number of rotatable bonds is 8. The number of thioether (sulfide) groups is 1. The number of nitrogens with one attached hydrogen (secondary N) is 1. The smallest absolute Gasteiger partial charge is 0.232 e. The van der Waals surface area contributed by atoms with Gasteiger partial charge in [0.15, 0.2) is 0 Å². The molecule has 2 rings (SSSR count). The molecule has 0 aromatic heterocycles. The van der Waals surface area contributed by atoms with Gasteiger partial charge < -0.3 is 15.0 Å². The number of amides is 2. The lowest BCUT2D eigenvalue weighted by molar-refractivity contribution is -0.132. The predicted octanol–water partition coefficient (Wildman–Crippen LogP) is 2.48. The lowest BCUT2D eigenvalue weighted by Crippen LogP contribution is -2.41. The summed E-state index contributed by atoms with van der Waals surface area (Å²) >= 11 is 1.38. The van der Waals surface area contributed by atoms with E-state index < -0.39 is 0 Å². The lowest BCUT2D eigenvalue weighted by atomic mass is 9.97. The van der Waals surface area contributed by atoms with E-state index in [1.54, 1.807) is 4.90 Å². The Bertz CT molecular complexity index is 545. The van der Waals surface area contributed by atoms with Crippen LogP contribution in [0.1, 0.15) is 31.9 Å². The second-order valence-electron chi connectivity index (χ2n) is 6.65. The summed E-state index contributed by atoms with van der Waals surface area (Å²) < 4.78 is 5.25. The molecule has 5 nitrogen and oxygen atoms in total. The molecule has 1 heterocycles. The third-order valence-corrected chi connectivity index (χ3v) is 4.98. The van der Waals surface area contributed by atoms with Gasteiger partial charge in [-0.2, -0.15) is 0 Å². The third-order valence-electron chi connectivity index (χ3n) is 4.07. The van der Waals surface area contributed by atoms with E-state index in [-0.39, 0.29) is 17.9 Å². The normalized spacial score (nSPS) is 15.9. The summed E-state index contributed by atoms with van der Waals surface area (Å²) in [6, 6.07) is 10.1. The Morgan fingerprint density at radius 3 is 2.48 bits per heavy atom. The molecule has 0 spiro atoms. The van der Waals surface area contributed by atoms with Crippen molar-refractivity contribution in [3.63, 3.8) is 0 Å². The van der Waals surface area contributed by atoms with Crippen molar-refractivity contribution in [3.8, 4) is 0 Å². The van der Waals surface area contributed by atoms with Crippen molar-refractivity contribution in [3.05, 3.63) is 35.9 Å². The second kappa shape index (κ2) is 10.5. The van der Waals surface area contributed by atoms with E-state index in [1.807, 2.05) is 30.3 Å². The summed E-state index contributed by atoms with van der Waals surface area (Å²) in [5, 5.41) is 3.11. The minimum absolute atomic E-state index is 0.0178. The van der Waals surface area contributed by atoms with Gasteiger partial charge >= 0.3 is 0 Å². The standard InChI is InChI=1S/C19H28N2O3S/c1-15(2)12-17(16-6-4-3-5-7-16)20-18(22)13-25-14-19(23)21-8-10-24-11-9-21/h3-7,15,17H,8-14H2,1-2H3,(H,20,22). The Morgan fingerprint density at radius 1 is 1.16 bits per heavy atom. The van der Waals surface area contributed by atoms with Crippen molar-refractivity contribution in [2.75, 3.05) is 37.8 Å². The topological polar surface area (TPSA) is 58.6 Å². The number of hydrogen-bond acceptors (Lipinski definition) is 4. The van der Waals surface area contributed by atoms with Crippen LogP contribution in [0.25, 0.3) is 0 Å². The van der Waals surface area contributed by atoms with Crippen molar-refractivity contribution >= 4 is 23.6 Å². The lowest BCUT2D eigenvalue weighted by Gasteiger charge is -2.26. The van der Waals surface area contributed by atoms with Gasteiger partial charge in [0.2, 0.25) is 11.8 Å². The fourth-order valence-corrected chi connectivity index (χ4v) is 3.53. The summed E-state index contributed by atoms with van der Waals surface area (Å²) in [5.74, 6) is 1.20. The first-order valence-corrected chi connectivity index (χ1v) is 9.99. The molecule has 1 aliphatic heterocycles. The Hall–Kier alpha value is -1.53. The number of benzene rings is 1. The van der Waals surface area contributed by atoms with Gasteiger partial charge in [-0.25, -0.2) is 0 Å². The molecule has 0 saturated carbocycles. The van der Waals surface area contributed by atoms with Gasteiger partial charge in [0.05, 0.1) is 30.8 Å². The highest BCUT2D eigenvalue weighted by Gasteiger charge is 2.19. The quantitative estimate of drug-likeness (QED) is 0.770. The minimum Gasteiger partial charge on any atom is -0.378 e. The first-order valence-electron chi connectivity index (χ1n) is 8.84. The molecule has 1 atom stereocenters. The SMILES string of the molecule is CC(C)CC(NC(=O)CSCC(=O)N1CCOCC1)c1ccccc1. The molecule has 138 valence electrons. The van der Waals surface area contributed by atoms with Crippen LogP contribution < -0.4 is 5.32 Å². The van der Waals surface area contributed by atoms with E-state index in [1.165, 1.54) is 11.8 Å². The zero-order chi connectivity index (χ0) is 18.1. The van der Waals surface area contributed by atoms with Gasteiger partial charge in [0.25, 0.3) is 0 Å². The Balaban J connectivity index is 1.77. The van der Waals surface area contributed by atoms with E-state index in [2.05, 4.69) is 19.2 Å². The molecule has 1 N–H and O–H groups in total. The van der Waals surface area contributed by atoms with Crippen LogP contribution in [-0.2, 0) is 14.3 Å². The van der Waals surface area contributed by atoms with Gasteiger partial charge in [-0.1, -0.05) is 44.2 Å². The Kier molecular flexibility index (Phi) is 8.28. The summed E-state index contributed by atoms with van der Waals surface area (Å²) in [7, 11) is 0. The Morgan fingerprint density at radius 2 is 1.84 bits per heavy atom. The van der Waals surface area contributed by atoms with E-state index in [4.69, 9.17) is 4.74 Å². The van der Waals surface area contributed by atoms with Crippen molar-refractivity contribution in [2.24, 2.45) is 5.92 Å². The highest BCUT2D eigenvalue weighted by atomic mass is 32.2. The summed E-state index contributed by atoms with van der Waals surface area (Å²) in [6.07, 6.45) is 0.896. The first kappa shape index (κ1) is 19.8. The van der Waals surface area contributed by atoms with Gasteiger partial charge in [-0.05, 0) is 17.9 Å². The fraction of sp³-hybridized carbons (Fsp3) is 0.579. The molecule has 1 aromatic rings. The van der Waals surface area contributed by atoms with Crippen LogP contribution in [0.3, 0.4) is 0 Å². The number of carbonyl (C=O) groups excluding carboxylic acids is 2. The molecule has 1 fully saturated rings. The van der Waals surface area contributed by atoms with Crippen molar-refractivity contribution in [1.29, 1.82) is 0 Å². The number of hydrogen-bond donors (Lipinski definition) is 1. The maximum absolute atomic E-state index is 12.3. The highest BCUT2D eigenvalue weighted by molar-refractivity contribution is 8.00. The zero-order valence-corrected chi connectivity index (χ0v) is 15.9. The third kappa shape index (κ3) is 7.08. The molecule has 2 amide bonds. The molecule has 6 heteroatoms. The molecule has 1 aromatic carbocycles. The molecule has 0 aliphatic carbocycles. The van der Waals surface area contributed by atoms with Gasteiger partial charge in [0.1, 0.15) is 0 Å². The second-order valence-corrected chi connectivity index (χ2v) is 7.63. The number of carbonyl (C=O) groups is 2. The molecule has 1 unspecified atom stereocenters. The molecular formula is C19H28N2O3S. The number of morpholine rings is 1. The molecule has 0 bridgehead atoms. The Labute approximate surface area is 154 Å². The molecule has 0 radical (unpaired) electrons. The molecule has 1 aliphatic rings. The number of nitrogens with zero attached hydrogens (tertiary/aromatic N) is 1. The van der Waals surface area contributed by atoms with Crippen LogP contribution >= 0.6 is 11.8 Å². The maximum Gasteiger partial charge on any atom is 0.232 e. The summed E-state index contributed by atoms with van der Waals surface area (Å²) in [6.45, 7) is 6.80. The monoisotopic (exact) mass is 364 g/mol. The van der Waals surface area contributed by atoms with E-state index in [0.717, 1.165) is 12.0 Å². The van der Waals surface area contributed by atoms with Crippen LogP contribution in [0.4, 0.5) is 0 Å². The van der Waals surface area contributed by atoms with Crippen molar-refractivity contribution in [2.45, 2.75) is 26.3 Å². The van der Waals surface area contributed by atoms with E-state index in [9.17, 15) is 9.59 Å². The average molecular weight is 365 g/mol. The van der Waals surface area contributed by atoms with Crippen LogP contribution in [0.15, 0.2) is 30.3 Å². The predicted molar refractivity (Wildman–Crippen MR) is 102 cm³/mol. The van der Waals surface area contributed by atoms with Crippen molar-refractivity contribution < 1.29 is 14.3 Å². The van der Waals surface area contributed by atoms with Crippen molar-refractivity contribution in [1.82, 2.24) is 10.2 Å². The van der Waals surface area contributed by atoms with Crippen LogP contribution in [0, 0.1) is 5.92 Å². The van der Waals surface area contributed by atoms with Gasteiger partial charge in [-0.3, -0.25) is 9.59 Å². The maximum atomic E-state index is 12.3. The molecular weight excluding hydrogens is 336 g/mol. The minimum atomic E-state index is -0.0192. The van der Waals surface area contributed by atoms with Crippen LogP contribution in [0.5, 0.6) is 0 Å². The first-order chi connectivity index (χ1) is 12.1. The van der Waals surface area contributed by atoms with E-state index in [0.29, 0.717) is 43.7 Å².